The Bertz CT molecular complexity index is 505. The van der Waals surface area contributed by atoms with Gasteiger partial charge in [0.05, 0.1) is 4.90 Å². The normalized spacial score (nSPS) is 16.9. The van der Waals surface area contributed by atoms with Crippen LogP contribution in [0.5, 0.6) is 0 Å². The van der Waals surface area contributed by atoms with Crippen LogP contribution in [0.3, 0.4) is 0 Å². The molecular formula is C15H23NO2S. The molecule has 1 saturated carbocycles. The maximum atomic E-state index is 12.1. The van der Waals surface area contributed by atoms with Crippen molar-refractivity contribution in [2.75, 3.05) is 6.54 Å². The first-order valence-corrected chi connectivity index (χ1v) is 8.62. The molecule has 0 unspecified atom stereocenters. The summed E-state index contributed by atoms with van der Waals surface area (Å²) in [6.07, 6.45) is 7.43. The van der Waals surface area contributed by atoms with E-state index in [1.165, 1.54) is 25.7 Å². The van der Waals surface area contributed by atoms with Crippen LogP contribution in [0, 0.1) is 12.8 Å². The second-order valence-corrected chi connectivity index (χ2v) is 7.27. The molecule has 0 atom stereocenters. The summed E-state index contributed by atoms with van der Waals surface area (Å²) in [6, 6.07) is 7.03. The first-order valence-electron chi connectivity index (χ1n) is 7.14. The van der Waals surface area contributed by atoms with Crippen LogP contribution in [-0.2, 0) is 10.0 Å². The van der Waals surface area contributed by atoms with E-state index in [4.69, 9.17) is 0 Å². The van der Waals surface area contributed by atoms with Crippen LogP contribution in [0.4, 0.5) is 0 Å². The monoisotopic (exact) mass is 281 g/mol. The summed E-state index contributed by atoms with van der Waals surface area (Å²) in [5, 5.41) is 0. The summed E-state index contributed by atoms with van der Waals surface area (Å²) in [7, 11) is -3.33. The molecule has 19 heavy (non-hydrogen) atoms. The highest BCUT2D eigenvalue weighted by Gasteiger charge is 2.16. The Hall–Kier alpha value is -0.870. The fraction of sp³-hybridized carbons (Fsp3) is 0.600. The fourth-order valence-electron chi connectivity index (χ4n) is 2.76. The Labute approximate surface area is 116 Å². The van der Waals surface area contributed by atoms with Crippen molar-refractivity contribution in [2.24, 2.45) is 5.92 Å². The molecule has 1 aromatic carbocycles. The molecule has 1 aliphatic rings. The SMILES string of the molecule is Cc1cccc(S(=O)(=O)NCCCC2CCCC2)c1. The Morgan fingerprint density at radius 1 is 1.26 bits per heavy atom. The Morgan fingerprint density at radius 3 is 2.68 bits per heavy atom. The summed E-state index contributed by atoms with van der Waals surface area (Å²) in [5.41, 5.74) is 0.967. The maximum Gasteiger partial charge on any atom is 0.240 e. The quantitative estimate of drug-likeness (QED) is 0.814. The summed E-state index contributed by atoms with van der Waals surface area (Å²) in [5.74, 6) is 0.823. The van der Waals surface area contributed by atoms with Crippen LogP contribution in [0.15, 0.2) is 29.2 Å². The third-order valence-electron chi connectivity index (χ3n) is 3.86. The molecule has 1 aromatic rings. The number of hydrogen-bond donors (Lipinski definition) is 1. The fourth-order valence-corrected chi connectivity index (χ4v) is 3.94. The van der Waals surface area contributed by atoms with Gasteiger partial charge in [-0.1, -0.05) is 37.8 Å². The van der Waals surface area contributed by atoms with Gasteiger partial charge >= 0.3 is 0 Å². The largest absolute Gasteiger partial charge is 0.240 e. The molecule has 3 nitrogen and oxygen atoms in total. The second kappa shape index (κ2) is 6.53. The highest BCUT2D eigenvalue weighted by atomic mass is 32.2. The van der Waals surface area contributed by atoms with E-state index in [-0.39, 0.29) is 0 Å². The Balaban J connectivity index is 1.80. The second-order valence-electron chi connectivity index (χ2n) is 5.51. The summed E-state index contributed by atoms with van der Waals surface area (Å²) in [6.45, 7) is 2.45. The predicted molar refractivity (Wildman–Crippen MR) is 77.6 cm³/mol. The van der Waals surface area contributed by atoms with Gasteiger partial charge in [-0.3, -0.25) is 0 Å². The topological polar surface area (TPSA) is 46.2 Å². The van der Waals surface area contributed by atoms with Crippen LogP contribution in [0.1, 0.15) is 44.1 Å². The van der Waals surface area contributed by atoms with E-state index < -0.39 is 10.0 Å². The van der Waals surface area contributed by atoms with Crippen molar-refractivity contribution in [3.05, 3.63) is 29.8 Å². The van der Waals surface area contributed by atoms with E-state index in [1.807, 2.05) is 13.0 Å². The third-order valence-corrected chi connectivity index (χ3v) is 5.31. The number of hydrogen-bond acceptors (Lipinski definition) is 2. The van der Waals surface area contributed by atoms with Crippen LogP contribution < -0.4 is 4.72 Å². The van der Waals surface area contributed by atoms with Gasteiger partial charge in [0.15, 0.2) is 0 Å². The van der Waals surface area contributed by atoms with Crippen molar-refractivity contribution >= 4 is 10.0 Å². The van der Waals surface area contributed by atoms with Gasteiger partial charge in [-0.2, -0.15) is 0 Å². The van der Waals surface area contributed by atoms with Gasteiger partial charge in [0, 0.05) is 6.54 Å². The van der Waals surface area contributed by atoms with Gasteiger partial charge < -0.3 is 0 Å². The molecule has 0 radical (unpaired) electrons. The van der Waals surface area contributed by atoms with E-state index >= 15 is 0 Å². The molecule has 1 fully saturated rings. The van der Waals surface area contributed by atoms with E-state index in [0.29, 0.717) is 11.4 Å². The van der Waals surface area contributed by atoms with Crippen LogP contribution in [-0.4, -0.2) is 15.0 Å². The van der Waals surface area contributed by atoms with Gasteiger partial charge in [0.1, 0.15) is 0 Å². The highest BCUT2D eigenvalue weighted by molar-refractivity contribution is 7.89. The van der Waals surface area contributed by atoms with Crippen LogP contribution in [0.25, 0.3) is 0 Å². The standard InChI is InChI=1S/C15H23NO2S/c1-13-6-4-10-15(12-13)19(17,18)16-11-5-9-14-7-2-3-8-14/h4,6,10,12,14,16H,2-3,5,7-9,11H2,1H3. The molecule has 1 N–H and O–H groups in total. The summed E-state index contributed by atoms with van der Waals surface area (Å²) in [4.78, 5) is 0.369. The van der Waals surface area contributed by atoms with Gasteiger partial charge in [0.2, 0.25) is 10.0 Å². The van der Waals surface area contributed by atoms with E-state index in [0.717, 1.165) is 24.3 Å². The van der Waals surface area contributed by atoms with Crippen molar-refractivity contribution < 1.29 is 8.42 Å². The number of aryl methyl sites for hydroxylation is 1. The van der Waals surface area contributed by atoms with Gasteiger partial charge in [-0.25, -0.2) is 13.1 Å². The van der Waals surface area contributed by atoms with Gasteiger partial charge in [0.25, 0.3) is 0 Å². The van der Waals surface area contributed by atoms with Gasteiger partial charge in [-0.15, -0.1) is 0 Å². The first-order chi connectivity index (χ1) is 9.08. The molecule has 0 spiro atoms. The summed E-state index contributed by atoms with van der Waals surface area (Å²) < 4.78 is 26.8. The van der Waals surface area contributed by atoms with Crippen molar-refractivity contribution in [2.45, 2.75) is 50.3 Å². The minimum Gasteiger partial charge on any atom is -0.211 e. The zero-order valence-electron chi connectivity index (χ0n) is 11.6. The van der Waals surface area contributed by atoms with Crippen molar-refractivity contribution in [3.8, 4) is 0 Å². The molecule has 0 bridgehead atoms. The van der Waals surface area contributed by atoms with E-state index in [9.17, 15) is 8.42 Å². The number of sulfonamides is 1. The molecule has 106 valence electrons. The van der Waals surface area contributed by atoms with Crippen LogP contribution in [0.2, 0.25) is 0 Å². The number of rotatable bonds is 6. The number of nitrogens with one attached hydrogen (secondary N) is 1. The number of benzene rings is 1. The molecule has 0 amide bonds. The Morgan fingerprint density at radius 2 is 2.00 bits per heavy atom. The smallest absolute Gasteiger partial charge is 0.211 e. The van der Waals surface area contributed by atoms with Crippen molar-refractivity contribution in [1.29, 1.82) is 0 Å². The van der Waals surface area contributed by atoms with Crippen molar-refractivity contribution in [3.63, 3.8) is 0 Å². The van der Waals surface area contributed by atoms with E-state index in [2.05, 4.69) is 4.72 Å². The molecule has 0 heterocycles. The molecule has 0 aliphatic heterocycles. The zero-order chi connectivity index (χ0) is 13.7. The molecular weight excluding hydrogens is 258 g/mol. The zero-order valence-corrected chi connectivity index (χ0v) is 12.4. The lowest BCUT2D eigenvalue weighted by Crippen LogP contribution is -2.25. The van der Waals surface area contributed by atoms with E-state index in [1.54, 1.807) is 18.2 Å². The third kappa shape index (κ3) is 4.32. The average Bonchev–Trinajstić information content (AvgIpc) is 2.88. The summed E-state index contributed by atoms with van der Waals surface area (Å²) >= 11 is 0. The highest BCUT2D eigenvalue weighted by Crippen LogP contribution is 2.28. The molecule has 0 aromatic heterocycles. The molecule has 2 rings (SSSR count). The Kier molecular flexibility index (Phi) is 4.99. The van der Waals surface area contributed by atoms with Crippen molar-refractivity contribution in [1.82, 2.24) is 4.72 Å². The predicted octanol–water partition coefficient (Wildman–Crippen LogP) is 3.24. The molecule has 1 aliphatic carbocycles. The average molecular weight is 281 g/mol. The minimum atomic E-state index is -3.33. The lowest BCUT2D eigenvalue weighted by Gasteiger charge is -2.10. The molecule has 4 heteroatoms. The first kappa shape index (κ1) is 14.5. The lowest BCUT2D eigenvalue weighted by atomic mass is 10.0. The lowest BCUT2D eigenvalue weighted by molar-refractivity contribution is 0.480. The maximum absolute atomic E-state index is 12.1. The van der Waals surface area contributed by atoms with Gasteiger partial charge in [-0.05, 0) is 43.4 Å². The van der Waals surface area contributed by atoms with Crippen LogP contribution >= 0.6 is 0 Å². The minimum absolute atomic E-state index is 0.369. The molecule has 0 saturated heterocycles.